The van der Waals surface area contributed by atoms with E-state index < -0.39 is 0 Å². The van der Waals surface area contributed by atoms with Crippen LogP contribution in [0.2, 0.25) is 0 Å². The molecule has 2 aromatic heterocycles. The molecular formula is C18H15N5. The smallest absolute Gasteiger partial charge is 0.169 e. The Morgan fingerprint density at radius 3 is 2.39 bits per heavy atom. The van der Waals surface area contributed by atoms with Crippen molar-refractivity contribution in [3.05, 3.63) is 66.5 Å². The standard InChI is InChI=1S/C18H15N5/c1-12-7-9-14(10-8-12)23-18-15(17(19)20-11-21-18)16(22-23)13-5-3-2-4-6-13/h2-11H,1H3,(H2,19,20,21). The summed E-state index contributed by atoms with van der Waals surface area (Å²) in [6.45, 7) is 2.06. The van der Waals surface area contributed by atoms with Crippen LogP contribution in [-0.4, -0.2) is 19.7 Å². The topological polar surface area (TPSA) is 69.6 Å². The van der Waals surface area contributed by atoms with Crippen LogP contribution in [0.3, 0.4) is 0 Å². The molecule has 5 heteroatoms. The monoisotopic (exact) mass is 301 g/mol. The zero-order chi connectivity index (χ0) is 15.8. The van der Waals surface area contributed by atoms with E-state index in [4.69, 9.17) is 10.8 Å². The maximum absolute atomic E-state index is 6.11. The summed E-state index contributed by atoms with van der Waals surface area (Å²) in [4.78, 5) is 8.52. The fraction of sp³-hybridized carbons (Fsp3) is 0.0556. The number of rotatable bonds is 2. The van der Waals surface area contributed by atoms with E-state index >= 15 is 0 Å². The lowest BCUT2D eigenvalue weighted by atomic mass is 10.1. The number of nitrogen functional groups attached to an aromatic ring is 1. The van der Waals surface area contributed by atoms with Gasteiger partial charge in [0.1, 0.15) is 17.8 Å². The second-order valence-corrected chi connectivity index (χ2v) is 5.42. The number of aryl methyl sites for hydroxylation is 1. The minimum atomic E-state index is 0.437. The third-order valence-electron chi connectivity index (χ3n) is 3.82. The molecule has 5 nitrogen and oxygen atoms in total. The molecule has 0 bridgehead atoms. The molecule has 0 aliphatic heterocycles. The molecule has 0 amide bonds. The minimum Gasteiger partial charge on any atom is -0.383 e. The molecule has 112 valence electrons. The number of benzene rings is 2. The Kier molecular flexibility index (Phi) is 3.05. The van der Waals surface area contributed by atoms with Gasteiger partial charge in [0.25, 0.3) is 0 Å². The minimum absolute atomic E-state index is 0.437. The zero-order valence-corrected chi connectivity index (χ0v) is 12.6. The van der Waals surface area contributed by atoms with Crippen LogP contribution in [0.5, 0.6) is 0 Å². The number of nitrogens with two attached hydrogens (primary N) is 1. The Labute approximate surface area is 133 Å². The van der Waals surface area contributed by atoms with Gasteiger partial charge in [-0.25, -0.2) is 14.6 Å². The molecule has 4 rings (SSSR count). The maximum Gasteiger partial charge on any atom is 0.169 e. The molecule has 0 saturated heterocycles. The van der Waals surface area contributed by atoms with Gasteiger partial charge < -0.3 is 5.73 Å². The highest BCUT2D eigenvalue weighted by molar-refractivity contribution is 5.98. The van der Waals surface area contributed by atoms with Gasteiger partial charge in [0.05, 0.1) is 11.1 Å². The number of nitrogens with zero attached hydrogens (tertiary/aromatic N) is 4. The van der Waals surface area contributed by atoms with Crippen LogP contribution in [0.15, 0.2) is 60.9 Å². The molecule has 0 fully saturated rings. The summed E-state index contributed by atoms with van der Waals surface area (Å²) in [7, 11) is 0. The summed E-state index contributed by atoms with van der Waals surface area (Å²) in [5, 5.41) is 5.53. The molecule has 0 atom stereocenters. The second-order valence-electron chi connectivity index (χ2n) is 5.42. The van der Waals surface area contributed by atoms with Gasteiger partial charge in [-0.2, -0.15) is 5.10 Å². The van der Waals surface area contributed by atoms with Gasteiger partial charge in [-0.15, -0.1) is 0 Å². The fourth-order valence-corrected chi connectivity index (χ4v) is 2.64. The Hall–Kier alpha value is -3.21. The predicted octanol–water partition coefficient (Wildman–Crippen LogP) is 3.37. The summed E-state index contributed by atoms with van der Waals surface area (Å²) in [6.07, 6.45) is 1.47. The predicted molar refractivity (Wildman–Crippen MR) is 91.2 cm³/mol. The van der Waals surface area contributed by atoms with Gasteiger partial charge in [0.2, 0.25) is 0 Å². The van der Waals surface area contributed by atoms with E-state index in [1.54, 1.807) is 0 Å². The van der Waals surface area contributed by atoms with Crippen LogP contribution in [0.1, 0.15) is 5.56 Å². The Balaban J connectivity index is 2.03. The first-order chi connectivity index (χ1) is 11.2. The Bertz CT molecular complexity index is 972. The van der Waals surface area contributed by atoms with E-state index in [9.17, 15) is 0 Å². The Morgan fingerprint density at radius 1 is 0.913 bits per heavy atom. The van der Waals surface area contributed by atoms with E-state index in [0.29, 0.717) is 11.5 Å². The number of aromatic nitrogens is 4. The number of hydrogen-bond donors (Lipinski definition) is 1. The van der Waals surface area contributed by atoms with Gasteiger partial charge >= 0.3 is 0 Å². The highest BCUT2D eigenvalue weighted by Crippen LogP contribution is 2.31. The lowest BCUT2D eigenvalue weighted by molar-refractivity contribution is 0.898. The van der Waals surface area contributed by atoms with Crippen molar-refractivity contribution in [3.63, 3.8) is 0 Å². The molecule has 23 heavy (non-hydrogen) atoms. The molecule has 0 aliphatic carbocycles. The molecule has 4 aromatic rings. The summed E-state index contributed by atoms with van der Waals surface area (Å²) in [5.41, 5.74) is 10.7. The van der Waals surface area contributed by atoms with Crippen molar-refractivity contribution in [2.75, 3.05) is 5.73 Å². The SMILES string of the molecule is Cc1ccc(-n2nc(-c3ccccc3)c3c(N)ncnc32)cc1. The molecule has 0 saturated carbocycles. The van der Waals surface area contributed by atoms with Crippen LogP contribution in [-0.2, 0) is 0 Å². The highest BCUT2D eigenvalue weighted by Gasteiger charge is 2.17. The molecule has 0 radical (unpaired) electrons. The lowest BCUT2D eigenvalue weighted by Crippen LogP contribution is -1.99. The van der Waals surface area contributed by atoms with Gasteiger partial charge in [-0.1, -0.05) is 48.0 Å². The van der Waals surface area contributed by atoms with E-state index in [2.05, 4.69) is 29.0 Å². The van der Waals surface area contributed by atoms with Gasteiger partial charge in [0.15, 0.2) is 5.65 Å². The van der Waals surface area contributed by atoms with Crippen LogP contribution < -0.4 is 5.73 Å². The van der Waals surface area contributed by atoms with Crippen molar-refractivity contribution < 1.29 is 0 Å². The van der Waals surface area contributed by atoms with Crippen LogP contribution >= 0.6 is 0 Å². The zero-order valence-electron chi connectivity index (χ0n) is 12.6. The largest absolute Gasteiger partial charge is 0.383 e. The third-order valence-corrected chi connectivity index (χ3v) is 3.82. The average molecular weight is 301 g/mol. The molecule has 0 unspecified atom stereocenters. The maximum atomic E-state index is 6.11. The fourth-order valence-electron chi connectivity index (χ4n) is 2.64. The normalized spacial score (nSPS) is 11.0. The van der Waals surface area contributed by atoms with Crippen LogP contribution in [0.4, 0.5) is 5.82 Å². The summed E-state index contributed by atoms with van der Waals surface area (Å²) >= 11 is 0. The molecule has 2 N–H and O–H groups in total. The number of hydrogen-bond acceptors (Lipinski definition) is 4. The van der Waals surface area contributed by atoms with Gasteiger partial charge in [-0.05, 0) is 19.1 Å². The van der Waals surface area contributed by atoms with Crippen molar-refractivity contribution in [3.8, 4) is 16.9 Å². The van der Waals surface area contributed by atoms with E-state index in [1.165, 1.54) is 11.9 Å². The summed E-state index contributed by atoms with van der Waals surface area (Å²) < 4.78 is 1.81. The van der Waals surface area contributed by atoms with Crippen molar-refractivity contribution in [1.29, 1.82) is 0 Å². The lowest BCUT2D eigenvalue weighted by Gasteiger charge is -2.03. The summed E-state index contributed by atoms with van der Waals surface area (Å²) in [6, 6.07) is 18.1. The van der Waals surface area contributed by atoms with E-state index in [1.807, 2.05) is 47.1 Å². The Morgan fingerprint density at radius 2 is 1.65 bits per heavy atom. The molecule has 0 aliphatic rings. The van der Waals surface area contributed by atoms with Crippen molar-refractivity contribution in [2.45, 2.75) is 6.92 Å². The highest BCUT2D eigenvalue weighted by atomic mass is 15.3. The average Bonchev–Trinajstić information content (AvgIpc) is 2.97. The van der Waals surface area contributed by atoms with Crippen molar-refractivity contribution >= 4 is 16.9 Å². The van der Waals surface area contributed by atoms with E-state index in [0.717, 1.165) is 22.3 Å². The third kappa shape index (κ3) is 2.23. The first kappa shape index (κ1) is 13.5. The molecular weight excluding hydrogens is 286 g/mol. The molecule has 0 spiro atoms. The molecule has 2 heterocycles. The first-order valence-corrected chi connectivity index (χ1v) is 7.36. The second kappa shape index (κ2) is 5.21. The van der Waals surface area contributed by atoms with Crippen molar-refractivity contribution in [2.24, 2.45) is 0 Å². The van der Waals surface area contributed by atoms with Gasteiger partial charge in [-0.3, -0.25) is 0 Å². The number of anilines is 1. The summed E-state index contributed by atoms with van der Waals surface area (Å²) in [5.74, 6) is 0.437. The van der Waals surface area contributed by atoms with E-state index in [-0.39, 0.29) is 0 Å². The van der Waals surface area contributed by atoms with Crippen LogP contribution in [0.25, 0.3) is 28.0 Å². The van der Waals surface area contributed by atoms with Crippen molar-refractivity contribution in [1.82, 2.24) is 19.7 Å². The van der Waals surface area contributed by atoms with Gasteiger partial charge in [0, 0.05) is 5.56 Å². The first-order valence-electron chi connectivity index (χ1n) is 7.36. The number of fused-ring (bicyclic) bond motifs is 1. The quantitative estimate of drug-likeness (QED) is 0.616. The van der Waals surface area contributed by atoms with Crippen LogP contribution in [0, 0.1) is 6.92 Å². The molecule has 2 aromatic carbocycles.